The molecule has 2 aromatic rings. The quantitative estimate of drug-likeness (QED) is 0.904. The maximum Gasteiger partial charge on any atom is 0.255 e. The molecule has 0 aliphatic heterocycles. The summed E-state index contributed by atoms with van der Waals surface area (Å²) in [4.78, 5) is 12.2. The van der Waals surface area contributed by atoms with Crippen molar-refractivity contribution in [3.05, 3.63) is 44.6 Å². The second-order valence-electron chi connectivity index (χ2n) is 4.25. The summed E-state index contributed by atoms with van der Waals surface area (Å²) in [7, 11) is 1.84. The predicted molar refractivity (Wildman–Crippen MR) is 79.8 cm³/mol. The average Bonchev–Trinajstić information content (AvgIpc) is 2.59. The second kappa shape index (κ2) is 5.35. The Bertz CT molecular complexity index is 652. The molecule has 1 heterocycles. The molecule has 6 heteroatoms. The molecule has 1 aromatic carbocycles. The van der Waals surface area contributed by atoms with Gasteiger partial charge in [0.05, 0.1) is 22.1 Å². The van der Waals surface area contributed by atoms with Gasteiger partial charge < -0.3 is 5.32 Å². The smallest absolute Gasteiger partial charge is 0.255 e. The van der Waals surface area contributed by atoms with Crippen molar-refractivity contribution < 1.29 is 4.79 Å². The lowest BCUT2D eigenvalue weighted by atomic mass is 10.2. The van der Waals surface area contributed by atoms with Gasteiger partial charge in [0, 0.05) is 17.1 Å². The predicted octanol–water partition coefficient (Wildman–Crippen LogP) is 3.71. The highest BCUT2D eigenvalue weighted by atomic mass is 79.9. The zero-order chi connectivity index (χ0) is 14.2. The highest BCUT2D eigenvalue weighted by molar-refractivity contribution is 9.10. The molecule has 0 unspecified atom stereocenters. The molecule has 0 fully saturated rings. The number of benzene rings is 1. The summed E-state index contributed by atoms with van der Waals surface area (Å²) in [5.74, 6) is -0.200. The Morgan fingerprint density at radius 2 is 2.11 bits per heavy atom. The van der Waals surface area contributed by atoms with E-state index in [4.69, 9.17) is 11.6 Å². The average molecular weight is 343 g/mol. The number of rotatable bonds is 2. The zero-order valence-corrected chi connectivity index (χ0v) is 13.1. The lowest BCUT2D eigenvalue weighted by Gasteiger charge is -2.06. The number of hydrogen-bond donors (Lipinski definition) is 1. The van der Waals surface area contributed by atoms with Gasteiger partial charge in [-0.1, -0.05) is 11.6 Å². The minimum Gasteiger partial charge on any atom is -0.319 e. The van der Waals surface area contributed by atoms with E-state index in [0.29, 0.717) is 10.6 Å². The van der Waals surface area contributed by atoms with Crippen LogP contribution in [0.2, 0.25) is 5.02 Å². The summed E-state index contributed by atoms with van der Waals surface area (Å²) < 4.78 is 2.50. The van der Waals surface area contributed by atoms with Crippen LogP contribution in [-0.2, 0) is 7.05 Å². The van der Waals surface area contributed by atoms with Crippen molar-refractivity contribution in [1.29, 1.82) is 0 Å². The fraction of sp³-hybridized carbons (Fsp3) is 0.231. The van der Waals surface area contributed by atoms with Crippen LogP contribution in [0.5, 0.6) is 0 Å². The van der Waals surface area contributed by atoms with Crippen LogP contribution < -0.4 is 5.32 Å². The largest absolute Gasteiger partial charge is 0.319 e. The molecule has 100 valence electrons. The summed E-state index contributed by atoms with van der Waals surface area (Å²) in [6, 6.07) is 5.09. The Kier molecular flexibility index (Phi) is 3.96. The molecule has 0 atom stereocenters. The number of nitrogens with zero attached hydrogens (tertiary/aromatic N) is 2. The number of nitrogens with one attached hydrogen (secondary N) is 1. The van der Waals surface area contributed by atoms with Crippen molar-refractivity contribution in [2.75, 3.05) is 5.32 Å². The number of anilines is 1. The standard InChI is InChI=1S/C13H13BrClN3O/c1-7-12(8(2)18(3)17-7)16-13(19)9-4-5-10(14)11(15)6-9/h4-6H,1-3H3,(H,16,19). The van der Waals surface area contributed by atoms with Gasteiger partial charge in [0.1, 0.15) is 0 Å². The van der Waals surface area contributed by atoms with E-state index in [1.165, 1.54) is 0 Å². The maximum absolute atomic E-state index is 12.2. The first-order chi connectivity index (χ1) is 8.90. The van der Waals surface area contributed by atoms with Crippen LogP contribution in [0.1, 0.15) is 21.7 Å². The van der Waals surface area contributed by atoms with Gasteiger partial charge in [-0.25, -0.2) is 0 Å². The molecule has 1 aromatic heterocycles. The summed E-state index contributed by atoms with van der Waals surface area (Å²) in [6.07, 6.45) is 0. The third-order valence-electron chi connectivity index (χ3n) is 2.93. The van der Waals surface area contributed by atoms with E-state index in [1.54, 1.807) is 22.9 Å². The van der Waals surface area contributed by atoms with E-state index < -0.39 is 0 Å². The van der Waals surface area contributed by atoms with Crippen LogP contribution in [0.4, 0.5) is 5.69 Å². The Morgan fingerprint density at radius 3 is 2.63 bits per heavy atom. The van der Waals surface area contributed by atoms with Crippen LogP contribution >= 0.6 is 27.5 Å². The number of aromatic nitrogens is 2. The van der Waals surface area contributed by atoms with Gasteiger partial charge in [-0.2, -0.15) is 5.10 Å². The number of hydrogen-bond acceptors (Lipinski definition) is 2. The molecule has 4 nitrogen and oxygen atoms in total. The van der Waals surface area contributed by atoms with Crippen molar-refractivity contribution in [1.82, 2.24) is 9.78 Å². The van der Waals surface area contributed by atoms with Crippen molar-refractivity contribution >= 4 is 39.1 Å². The number of aryl methyl sites for hydroxylation is 2. The summed E-state index contributed by atoms with van der Waals surface area (Å²) in [6.45, 7) is 3.77. The highest BCUT2D eigenvalue weighted by Gasteiger charge is 2.14. The fourth-order valence-corrected chi connectivity index (χ4v) is 2.20. The lowest BCUT2D eigenvalue weighted by molar-refractivity contribution is 0.102. The fourth-order valence-electron chi connectivity index (χ4n) is 1.78. The van der Waals surface area contributed by atoms with Crippen LogP contribution in [0, 0.1) is 13.8 Å². The summed E-state index contributed by atoms with van der Waals surface area (Å²) in [5, 5.41) is 7.63. The van der Waals surface area contributed by atoms with Gasteiger partial charge >= 0.3 is 0 Å². The third-order valence-corrected chi connectivity index (χ3v) is 4.16. The van der Waals surface area contributed by atoms with E-state index in [-0.39, 0.29) is 5.91 Å². The molecule has 1 amide bonds. The molecular weight excluding hydrogens is 330 g/mol. The Morgan fingerprint density at radius 1 is 1.42 bits per heavy atom. The van der Waals surface area contributed by atoms with E-state index in [1.807, 2.05) is 20.9 Å². The van der Waals surface area contributed by atoms with E-state index >= 15 is 0 Å². The molecule has 0 bridgehead atoms. The maximum atomic E-state index is 12.2. The van der Waals surface area contributed by atoms with Crippen molar-refractivity contribution in [3.8, 4) is 0 Å². The molecule has 0 radical (unpaired) electrons. The van der Waals surface area contributed by atoms with Crippen LogP contribution in [0.25, 0.3) is 0 Å². The molecule has 2 rings (SSSR count). The van der Waals surface area contributed by atoms with Gasteiger partial charge in [0.25, 0.3) is 5.91 Å². The van der Waals surface area contributed by atoms with Gasteiger partial charge in [0.2, 0.25) is 0 Å². The molecule has 0 aliphatic rings. The first-order valence-electron chi connectivity index (χ1n) is 5.66. The molecule has 19 heavy (non-hydrogen) atoms. The summed E-state index contributed by atoms with van der Waals surface area (Å²) >= 11 is 9.28. The topological polar surface area (TPSA) is 46.9 Å². The zero-order valence-electron chi connectivity index (χ0n) is 10.8. The molecule has 0 saturated heterocycles. The number of carbonyl (C=O) groups is 1. The van der Waals surface area contributed by atoms with Gasteiger partial charge in [-0.3, -0.25) is 9.48 Å². The van der Waals surface area contributed by atoms with Crippen LogP contribution in [-0.4, -0.2) is 15.7 Å². The summed E-state index contributed by atoms with van der Waals surface area (Å²) in [5.41, 5.74) is 2.95. The highest BCUT2D eigenvalue weighted by Crippen LogP contribution is 2.24. The molecular formula is C13H13BrClN3O. The van der Waals surface area contributed by atoms with Gasteiger partial charge in [0.15, 0.2) is 0 Å². The minimum atomic E-state index is -0.200. The van der Waals surface area contributed by atoms with Crippen LogP contribution in [0.3, 0.4) is 0 Å². The van der Waals surface area contributed by atoms with E-state index in [2.05, 4.69) is 26.3 Å². The van der Waals surface area contributed by atoms with Gasteiger partial charge in [-0.15, -0.1) is 0 Å². The third kappa shape index (κ3) is 2.82. The first kappa shape index (κ1) is 14.1. The first-order valence-corrected chi connectivity index (χ1v) is 6.84. The van der Waals surface area contributed by atoms with Gasteiger partial charge in [-0.05, 0) is 48.0 Å². The number of carbonyl (C=O) groups excluding carboxylic acids is 1. The Hall–Kier alpha value is -1.33. The monoisotopic (exact) mass is 341 g/mol. The normalized spacial score (nSPS) is 10.6. The SMILES string of the molecule is Cc1nn(C)c(C)c1NC(=O)c1ccc(Br)c(Cl)c1. The molecule has 1 N–H and O–H groups in total. The van der Waals surface area contributed by atoms with E-state index in [0.717, 1.165) is 21.5 Å². The Balaban J connectivity index is 2.28. The van der Waals surface area contributed by atoms with Crippen molar-refractivity contribution in [2.45, 2.75) is 13.8 Å². The van der Waals surface area contributed by atoms with Crippen LogP contribution in [0.15, 0.2) is 22.7 Å². The molecule has 0 saturated carbocycles. The molecule has 0 spiro atoms. The molecule has 0 aliphatic carbocycles. The Labute approximate surface area is 124 Å². The second-order valence-corrected chi connectivity index (χ2v) is 5.51. The number of amides is 1. The van der Waals surface area contributed by atoms with Crippen molar-refractivity contribution in [2.24, 2.45) is 7.05 Å². The van der Waals surface area contributed by atoms with Crippen molar-refractivity contribution in [3.63, 3.8) is 0 Å². The number of halogens is 2. The minimum absolute atomic E-state index is 0.200. The van der Waals surface area contributed by atoms with E-state index in [9.17, 15) is 4.79 Å². The lowest BCUT2D eigenvalue weighted by Crippen LogP contribution is -2.13.